The summed E-state index contributed by atoms with van der Waals surface area (Å²) in [5.41, 5.74) is 2.84. The Balaban J connectivity index is 1.53. The molecule has 158 valence electrons. The van der Waals surface area contributed by atoms with Crippen molar-refractivity contribution in [2.24, 2.45) is 0 Å². The van der Waals surface area contributed by atoms with Gasteiger partial charge in [0.25, 0.3) is 11.8 Å². The minimum atomic E-state index is -0.294. The summed E-state index contributed by atoms with van der Waals surface area (Å²) >= 11 is 7.43. The molecule has 0 unspecified atom stereocenters. The van der Waals surface area contributed by atoms with Gasteiger partial charge >= 0.3 is 0 Å². The second kappa shape index (κ2) is 10.9. The van der Waals surface area contributed by atoms with Crippen LogP contribution in [-0.4, -0.2) is 23.5 Å². The molecule has 0 aliphatic carbocycles. The van der Waals surface area contributed by atoms with Gasteiger partial charge in [-0.2, -0.15) is 0 Å². The fourth-order valence-electron chi connectivity index (χ4n) is 2.61. The summed E-state index contributed by atoms with van der Waals surface area (Å²) in [6.45, 7) is 1.88. The summed E-state index contributed by atoms with van der Waals surface area (Å²) in [5.74, 6) is 0.0428. The van der Waals surface area contributed by atoms with Crippen molar-refractivity contribution in [2.45, 2.75) is 6.92 Å². The molecule has 0 aliphatic heterocycles. The molecule has 3 aromatic rings. The monoisotopic (exact) mass is 545 g/mol. The van der Waals surface area contributed by atoms with Crippen LogP contribution in [0.1, 0.15) is 15.9 Å². The topological polar surface area (TPSA) is 79.5 Å². The molecule has 0 aliphatic rings. The number of carbonyl (C=O) groups is 2. The third-order valence-electron chi connectivity index (χ3n) is 4.18. The average molecular weight is 545 g/mol. The lowest BCUT2D eigenvalue weighted by Crippen LogP contribution is -2.34. The zero-order valence-electron chi connectivity index (χ0n) is 16.6. The number of anilines is 2. The molecule has 8 heteroatoms. The quantitative estimate of drug-likeness (QED) is 0.308. The van der Waals surface area contributed by atoms with E-state index in [1.165, 1.54) is 0 Å². The van der Waals surface area contributed by atoms with E-state index >= 15 is 0 Å². The molecule has 6 nitrogen and oxygen atoms in total. The maximum absolute atomic E-state index is 12.4. The maximum atomic E-state index is 12.4. The minimum absolute atomic E-state index is 0.106. The van der Waals surface area contributed by atoms with Crippen molar-refractivity contribution in [1.29, 1.82) is 0 Å². The van der Waals surface area contributed by atoms with Crippen molar-refractivity contribution in [1.82, 2.24) is 5.32 Å². The van der Waals surface area contributed by atoms with Gasteiger partial charge in [-0.3, -0.25) is 14.9 Å². The van der Waals surface area contributed by atoms with Crippen molar-refractivity contribution in [3.8, 4) is 5.75 Å². The minimum Gasteiger partial charge on any atom is -0.484 e. The maximum Gasteiger partial charge on any atom is 0.262 e. The van der Waals surface area contributed by atoms with Crippen LogP contribution in [0.25, 0.3) is 0 Å². The predicted molar refractivity (Wildman–Crippen MR) is 135 cm³/mol. The molecule has 0 atom stereocenters. The van der Waals surface area contributed by atoms with Crippen LogP contribution in [0.5, 0.6) is 5.75 Å². The fourth-order valence-corrected chi connectivity index (χ4v) is 3.33. The highest BCUT2D eigenvalue weighted by molar-refractivity contribution is 14.1. The smallest absolute Gasteiger partial charge is 0.262 e. The van der Waals surface area contributed by atoms with Gasteiger partial charge in [0.15, 0.2) is 11.7 Å². The molecule has 31 heavy (non-hydrogen) atoms. The third-order valence-corrected chi connectivity index (χ3v) is 5.54. The lowest BCUT2D eigenvalue weighted by Gasteiger charge is -2.12. The lowest BCUT2D eigenvalue weighted by molar-refractivity contribution is -0.118. The summed E-state index contributed by atoms with van der Waals surface area (Å²) in [4.78, 5) is 24.5. The first-order valence-corrected chi connectivity index (χ1v) is 10.9. The summed E-state index contributed by atoms with van der Waals surface area (Å²) in [5, 5.41) is 8.55. The lowest BCUT2D eigenvalue weighted by atomic mass is 10.1. The number of halogens is 1. The molecule has 0 heterocycles. The van der Waals surface area contributed by atoms with E-state index < -0.39 is 0 Å². The van der Waals surface area contributed by atoms with Crippen LogP contribution in [-0.2, 0) is 4.79 Å². The molecule has 0 fully saturated rings. The number of hydrogen-bond donors (Lipinski definition) is 3. The van der Waals surface area contributed by atoms with Crippen LogP contribution in [0.15, 0.2) is 72.8 Å². The van der Waals surface area contributed by atoms with Gasteiger partial charge in [0.2, 0.25) is 0 Å². The molecule has 3 N–H and O–H groups in total. The number of thiocarbonyl (C=S) groups is 1. The Hall–Kier alpha value is -2.98. The highest BCUT2D eigenvalue weighted by Crippen LogP contribution is 2.16. The number of benzene rings is 3. The Labute approximate surface area is 199 Å². The Morgan fingerprint density at radius 3 is 2.35 bits per heavy atom. The van der Waals surface area contributed by atoms with Crippen molar-refractivity contribution < 1.29 is 14.3 Å². The normalized spacial score (nSPS) is 10.1. The van der Waals surface area contributed by atoms with E-state index in [1.54, 1.807) is 42.5 Å². The first-order chi connectivity index (χ1) is 14.9. The van der Waals surface area contributed by atoms with Gasteiger partial charge < -0.3 is 15.4 Å². The first kappa shape index (κ1) is 22.7. The highest BCUT2D eigenvalue weighted by Gasteiger charge is 2.10. The number of amides is 2. The summed E-state index contributed by atoms with van der Waals surface area (Å²) in [6.07, 6.45) is 0. The number of nitrogens with one attached hydrogen (secondary N) is 3. The summed E-state index contributed by atoms with van der Waals surface area (Å²) in [6, 6.07) is 21.6. The summed E-state index contributed by atoms with van der Waals surface area (Å²) in [7, 11) is 0. The molecule has 0 spiro atoms. The molecular formula is C23H20IN3O3S. The van der Waals surface area contributed by atoms with E-state index in [-0.39, 0.29) is 23.5 Å². The predicted octanol–water partition coefficient (Wildman–Crippen LogP) is 4.74. The van der Waals surface area contributed by atoms with Gasteiger partial charge in [0.05, 0.1) is 0 Å². The Kier molecular flexibility index (Phi) is 7.96. The largest absolute Gasteiger partial charge is 0.484 e. The second-order valence-corrected chi connectivity index (χ2v) is 8.17. The SMILES string of the molecule is Cc1ccc(C(=O)NC(=S)Nc2cccc(NC(=O)COc3ccccc3)c2)cc1I. The van der Waals surface area contributed by atoms with E-state index in [0.717, 1.165) is 9.13 Å². The number of para-hydroxylation sites is 1. The molecule has 2 amide bonds. The molecule has 0 saturated carbocycles. The molecule has 0 radical (unpaired) electrons. The Morgan fingerprint density at radius 1 is 0.935 bits per heavy atom. The Bertz CT molecular complexity index is 1110. The van der Waals surface area contributed by atoms with E-state index in [2.05, 4.69) is 38.5 Å². The molecule has 3 rings (SSSR count). The fraction of sp³-hybridized carbons (Fsp3) is 0.0870. The van der Waals surface area contributed by atoms with E-state index in [4.69, 9.17) is 17.0 Å². The standard InChI is InChI=1S/C23H20IN3O3S/c1-15-10-11-16(12-20(15)24)22(29)27-23(31)26-18-7-5-6-17(13-18)25-21(28)14-30-19-8-3-2-4-9-19/h2-13H,14H2,1H3,(H,25,28)(H2,26,27,29,31). The van der Waals surface area contributed by atoms with E-state index in [9.17, 15) is 9.59 Å². The van der Waals surface area contributed by atoms with E-state index in [1.807, 2.05) is 37.3 Å². The van der Waals surface area contributed by atoms with Crippen LogP contribution < -0.4 is 20.7 Å². The average Bonchev–Trinajstić information content (AvgIpc) is 2.75. The van der Waals surface area contributed by atoms with Crippen LogP contribution in [0.4, 0.5) is 11.4 Å². The van der Waals surface area contributed by atoms with Gasteiger partial charge in [0.1, 0.15) is 5.75 Å². The molecular weight excluding hydrogens is 525 g/mol. The van der Waals surface area contributed by atoms with Crippen molar-refractivity contribution in [3.05, 3.63) is 87.5 Å². The summed E-state index contributed by atoms with van der Waals surface area (Å²) < 4.78 is 6.44. The number of carbonyl (C=O) groups excluding carboxylic acids is 2. The van der Waals surface area contributed by atoms with Crippen LogP contribution >= 0.6 is 34.8 Å². The Morgan fingerprint density at radius 2 is 1.65 bits per heavy atom. The first-order valence-electron chi connectivity index (χ1n) is 9.37. The van der Waals surface area contributed by atoms with Gasteiger partial charge in [-0.25, -0.2) is 0 Å². The van der Waals surface area contributed by atoms with E-state index in [0.29, 0.717) is 22.7 Å². The molecule has 0 bridgehead atoms. The number of hydrogen-bond acceptors (Lipinski definition) is 4. The zero-order valence-corrected chi connectivity index (χ0v) is 19.6. The second-order valence-electron chi connectivity index (χ2n) is 6.60. The van der Waals surface area contributed by atoms with Gasteiger partial charge in [0, 0.05) is 20.5 Å². The zero-order chi connectivity index (χ0) is 22.2. The number of aryl methyl sites for hydroxylation is 1. The van der Waals surface area contributed by atoms with Crippen molar-refractivity contribution >= 4 is 63.1 Å². The molecule has 0 saturated heterocycles. The third kappa shape index (κ3) is 7.04. The van der Waals surface area contributed by atoms with Crippen LogP contribution in [0.3, 0.4) is 0 Å². The van der Waals surface area contributed by atoms with Gasteiger partial charge in [-0.1, -0.05) is 30.3 Å². The van der Waals surface area contributed by atoms with Crippen LogP contribution in [0, 0.1) is 10.5 Å². The van der Waals surface area contributed by atoms with Gasteiger partial charge in [-0.15, -0.1) is 0 Å². The molecule has 3 aromatic carbocycles. The van der Waals surface area contributed by atoms with Crippen molar-refractivity contribution in [2.75, 3.05) is 17.2 Å². The molecule has 0 aromatic heterocycles. The van der Waals surface area contributed by atoms with Gasteiger partial charge in [-0.05, 0) is 89.8 Å². The van der Waals surface area contributed by atoms with Crippen LogP contribution in [0.2, 0.25) is 0 Å². The number of ether oxygens (including phenoxy) is 1. The van der Waals surface area contributed by atoms with Crippen molar-refractivity contribution in [3.63, 3.8) is 0 Å². The highest BCUT2D eigenvalue weighted by atomic mass is 127. The number of rotatable bonds is 6.